The predicted octanol–water partition coefficient (Wildman–Crippen LogP) is 5.16. The maximum atomic E-state index is 12.7. The second-order valence-electron chi connectivity index (χ2n) is 6.13. The van der Waals surface area contributed by atoms with Crippen LogP contribution in [0.4, 0.5) is 5.00 Å². The Morgan fingerprint density at radius 1 is 1.11 bits per heavy atom. The Bertz CT molecular complexity index is 992. The van der Waals surface area contributed by atoms with Gasteiger partial charge in [0.1, 0.15) is 16.3 Å². The number of ether oxygens (including phenoxy) is 2. The number of carbonyl (C=O) groups is 2. The number of anilines is 1. The summed E-state index contributed by atoms with van der Waals surface area (Å²) in [6.45, 7) is 4.40. The molecule has 0 aliphatic heterocycles. The number of amides is 1. The number of nitrogens with one attached hydrogen (secondary N) is 1. The van der Waals surface area contributed by atoms with Crippen molar-refractivity contribution in [1.29, 1.82) is 0 Å². The minimum absolute atomic E-state index is 0.316. The lowest BCUT2D eigenvalue weighted by Gasteiger charge is -2.09. The molecular formula is C22H21NO4S. The Hall–Kier alpha value is -3.12. The molecule has 0 atom stereocenters. The Morgan fingerprint density at radius 2 is 1.86 bits per heavy atom. The van der Waals surface area contributed by atoms with Crippen LogP contribution in [0.1, 0.15) is 33.2 Å². The highest BCUT2D eigenvalue weighted by Crippen LogP contribution is 2.36. The van der Waals surface area contributed by atoms with Crippen molar-refractivity contribution in [2.24, 2.45) is 0 Å². The van der Waals surface area contributed by atoms with E-state index in [4.69, 9.17) is 9.47 Å². The molecular weight excluding hydrogens is 374 g/mol. The molecule has 1 amide bonds. The number of benzene rings is 2. The van der Waals surface area contributed by atoms with Crippen LogP contribution in [0.25, 0.3) is 11.1 Å². The molecule has 2 aromatic carbocycles. The van der Waals surface area contributed by atoms with E-state index >= 15 is 0 Å². The average molecular weight is 395 g/mol. The van der Waals surface area contributed by atoms with Crippen LogP contribution in [0.5, 0.6) is 5.75 Å². The minimum Gasteiger partial charge on any atom is -0.494 e. The lowest BCUT2D eigenvalue weighted by atomic mass is 10.0. The Balaban J connectivity index is 1.93. The van der Waals surface area contributed by atoms with E-state index in [9.17, 15) is 9.59 Å². The number of rotatable bonds is 6. The van der Waals surface area contributed by atoms with E-state index in [1.165, 1.54) is 18.4 Å². The fourth-order valence-electron chi connectivity index (χ4n) is 2.77. The molecule has 0 saturated heterocycles. The topological polar surface area (TPSA) is 64.6 Å². The third-order valence-electron chi connectivity index (χ3n) is 4.18. The first-order chi connectivity index (χ1) is 13.5. The van der Waals surface area contributed by atoms with E-state index in [2.05, 4.69) is 5.32 Å². The highest BCUT2D eigenvalue weighted by Gasteiger charge is 2.22. The molecule has 1 N–H and O–H groups in total. The van der Waals surface area contributed by atoms with Crippen molar-refractivity contribution in [2.75, 3.05) is 19.0 Å². The van der Waals surface area contributed by atoms with Gasteiger partial charge in [-0.05, 0) is 37.6 Å². The number of hydrogen-bond acceptors (Lipinski definition) is 5. The summed E-state index contributed by atoms with van der Waals surface area (Å²) in [5, 5.41) is 5.14. The molecule has 28 heavy (non-hydrogen) atoms. The highest BCUT2D eigenvalue weighted by molar-refractivity contribution is 7.15. The van der Waals surface area contributed by atoms with Crippen LogP contribution < -0.4 is 10.1 Å². The number of methoxy groups -OCH3 is 1. The van der Waals surface area contributed by atoms with Crippen LogP contribution in [0.15, 0.2) is 53.9 Å². The zero-order valence-electron chi connectivity index (χ0n) is 15.9. The van der Waals surface area contributed by atoms with E-state index in [-0.39, 0.29) is 5.91 Å². The van der Waals surface area contributed by atoms with Crippen molar-refractivity contribution < 1.29 is 19.1 Å². The second kappa shape index (κ2) is 8.71. The number of aryl methyl sites for hydroxylation is 1. The van der Waals surface area contributed by atoms with E-state index in [0.29, 0.717) is 28.5 Å². The lowest BCUT2D eigenvalue weighted by molar-refractivity contribution is 0.0603. The summed E-state index contributed by atoms with van der Waals surface area (Å²) < 4.78 is 10.4. The molecule has 3 aromatic rings. The summed E-state index contributed by atoms with van der Waals surface area (Å²) in [5.74, 6) is -0.186. The van der Waals surface area contributed by atoms with Gasteiger partial charge in [-0.2, -0.15) is 0 Å². The Labute approximate surface area is 167 Å². The van der Waals surface area contributed by atoms with Gasteiger partial charge in [0, 0.05) is 16.5 Å². The van der Waals surface area contributed by atoms with Crippen LogP contribution in [-0.2, 0) is 4.74 Å². The molecule has 5 nitrogen and oxygen atoms in total. The van der Waals surface area contributed by atoms with Gasteiger partial charge in [0.15, 0.2) is 0 Å². The third kappa shape index (κ3) is 4.23. The summed E-state index contributed by atoms with van der Waals surface area (Å²) in [4.78, 5) is 25.1. The zero-order chi connectivity index (χ0) is 20.1. The first-order valence-electron chi connectivity index (χ1n) is 8.84. The fraction of sp³-hybridized carbons (Fsp3) is 0.182. The molecule has 1 aromatic heterocycles. The normalized spacial score (nSPS) is 10.4. The van der Waals surface area contributed by atoms with Crippen LogP contribution in [0.2, 0.25) is 0 Å². The highest BCUT2D eigenvalue weighted by atomic mass is 32.1. The van der Waals surface area contributed by atoms with Gasteiger partial charge in [-0.3, -0.25) is 4.79 Å². The third-order valence-corrected chi connectivity index (χ3v) is 5.07. The standard InChI is InChI=1S/C22H21NO4S/c1-4-27-17-7-5-6-16(12-17)20(24)23-21-19(22(25)26-3)18(13-28-21)15-10-8-14(2)9-11-15/h5-13H,4H2,1-3H3,(H,23,24). The van der Waals surface area contributed by atoms with Crippen molar-refractivity contribution in [3.63, 3.8) is 0 Å². The molecule has 6 heteroatoms. The van der Waals surface area contributed by atoms with Crippen LogP contribution in [-0.4, -0.2) is 25.6 Å². The van der Waals surface area contributed by atoms with Gasteiger partial charge >= 0.3 is 5.97 Å². The zero-order valence-corrected chi connectivity index (χ0v) is 16.8. The van der Waals surface area contributed by atoms with Gasteiger partial charge in [-0.1, -0.05) is 35.9 Å². The van der Waals surface area contributed by atoms with Gasteiger partial charge in [-0.15, -0.1) is 11.3 Å². The second-order valence-corrected chi connectivity index (χ2v) is 7.01. The Kier molecular flexibility index (Phi) is 6.11. The molecule has 0 radical (unpaired) electrons. The van der Waals surface area contributed by atoms with Gasteiger partial charge in [0.2, 0.25) is 0 Å². The van der Waals surface area contributed by atoms with Gasteiger partial charge in [0.25, 0.3) is 5.91 Å². The number of hydrogen-bond donors (Lipinski definition) is 1. The van der Waals surface area contributed by atoms with Crippen molar-refractivity contribution in [1.82, 2.24) is 0 Å². The molecule has 0 aliphatic carbocycles. The summed E-state index contributed by atoms with van der Waals surface area (Å²) in [6, 6.07) is 14.8. The molecule has 0 fully saturated rings. The summed E-state index contributed by atoms with van der Waals surface area (Å²) >= 11 is 1.29. The fourth-order valence-corrected chi connectivity index (χ4v) is 3.72. The molecule has 0 bridgehead atoms. The SMILES string of the molecule is CCOc1cccc(C(=O)Nc2scc(-c3ccc(C)cc3)c2C(=O)OC)c1. The Morgan fingerprint density at radius 3 is 2.54 bits per heavy atom. The quantitative estimate of drug-likeness (QED) is 0.586. The van der Waals surface area contributed by atoms with Crippen LogP contribution in [0.3, 0.4) is 0 Å². The molecule has 1 heterocycles. The maximum absolute atomic E-state index is 12.7. The summed E-state index contributed by atoms with van der Waals surface area (Å²) in [5.41, 5.74) is 3.55. The van der Waals surface area contributed by atoms with Crippen molar-refractivity contribution in [3.8, 4) is 16.9 Å². The van der Waals surface area contributed by atoms with Crippen molar-refractivity contribution in [2.45, 2.75) is 13.8 Å². The minimum atomic E-state index is -0.491. The number of esters is 1. The monoisotopic (exact) mass is 395 g/mol. The van der Waals surface area contributed by atoms with Crippen LogP contribution >= 0.6 is 11.3 Å². The lowest BCUT2D eigenvalue weighted by Crippen LogP contribution is -2.14. The van der Waals surface area contributed by atoms with E-state index in [0.717, 1.165) is 16.7 Å². The number of thiophene rings is 1. The average Bonchev–Trinajstić information content (AvgIpc) is 3.12. The summed E-state index contributed by atoms with van der Waals surface area (Å²) in [6.07, 6.45) is 0. The predicted molar refractivity (Wildman–Crippen MR) is 111 cm³/mol. The maximum Gasteiger partial charge on any atom is 0.341 e. The summed E-state index contributed by atoms with van der Waals surface area (Å²) in [7, 11) is 1.33. The smallest absolute Gasteiger partial charge is 0.341 e. The molecule has 144 valence electrons. The van der Waals surface area contributed by atoms with Gasteiger partial charge in [0.05, 0.1) is 13.7 Å². The van der Waals surface area contributed by atoms with Gasteiger partial charge < -0.3 is 14.8 Å². The van der Waals surface area contributed by atoms with Crippen molar-refractivity contribution >= 4 is 28.2 Å². The molecule has 0 spiro atoms. The first-order valence-corrected chi connectivity index (χ1v) is 9.72. The molecule has 0 aliphatic rings. The van der Waals surface area contributed by atoms with E-state index in [1.807, 2.05) is 43.5 Å². The van der Waals surface area contributed by atoms with E-state index in [1.54, 1.807) is 24.3 Å². The largest absolute Gasteiger partial charge is 0.494 e. The number of carbonyl (C=O) groups excluding carboxylic acids is 2. The first kappa shape index (κ1) is 19.6. The molecule has 0 unspecified atom stereocenters. The van der Waals surface area contributed by atoms with Crippen molar-refractivity contribution in [3.05, 3.63) is 70.6 Å². The molecule has 3 rings (SSSR count). The molecule has 0 saturated carbocycles. The van der Waals surface area contributed by atoms with Gasteiger partial charge in [-0.25, -0.2) is 4.79 Å². The van der Waals surface area contributed by atoms with Crippen LogP contribution in [0, 0.1) is 6.92 Å². The van der Waals surface area contributed by atoms with E-state index < -0.39 is 5.97 Å².